The molecular weight excluding hydrogens is 274 g/mol. The zero-order chi connectivity index (χ0) is 14.9. The van der Waals surface area contributed by atoms with Crippen LogP contribution in [0.15, 0.2) is 0 Å². The van der Waals surface area contributed by atoms with Crippen molar-refractivity contribution in [2.24, 2.45) is 17.8 Å². The summed E-state index contributed by atoms with van der Waals surface area (Å²) in [4.78, 5) is 42.7. The van der Waals surface area contributed by atoms with Crippen LogP contribution in [-0.2, 0) is 23.9 Å². The zero-order valence-electron chi connectivity index (χ0n) is 10.3. The summed E-state index contributed by atoms with van der Waals surface area (Å²) in [5, 5.41) is 16.0. The van der Waals surface area contributed by atoms with Crippen molar-refractivity contribution in [2.45, 2.75) is 12.7 Å². The van der Waals surface area contributed by atoms with Gasteiger partial charge in [-0.05, 0) is 6.42 Å². The van der Waals surface area contributed by atoms with E-state index in [9.17, 15) is 14.4 Å². The summed E-state index contributed by atoms with van der Waals surface area (Å²) in [6.07, 6.45) is -1.36. The van der Waals surface area contributed by atoms with Gasteiger partial charge in [-0.2, -0.15) is 0 Å². The van der Waals surface area contributed by atoms with Gasteiger partial charge < -0.3 is 19.7 Å². The van der Waals surface area contributed by atoms with Crippen LogP contribution in [0.25, 0.3) is 0 Å². The third kappa shape index (κ3) is 2.63. The molecule has 0 radical (unpaired) electrons. The third-order valence-corrected chi connectivity index (χ3v) is 3.54. The smallest absolute Gasteiger partial charge is 0.450 e. The normalized spacial score (nSPS) is 35.3. The van der Waals surface area contributed by atoms with Crippen LogP contribution >= 0.6 is 0 Å². The predicted octanol–water partition coefficient (Wildman–Crippen LogP) is -0.941. The highest BCUT2D eigenvalue weighted by Crippen LogP contribution is 2.40. The number of hydrogen-bond acceptors (Lipinski definition) is 6. The Balaban J connectivity index is 0.000000328. The topological polar surface area (TPSA) is 139 Å². The molecule has 0 bridgehead atoms. The fraction of sp³-hybridized carbons (Fsp3) is 0.636. The van der Waals surface area contributed by atoms with E-state index in [4.69, 9.17) is 24.5 Å². The van der Waals surface area contributed by atoms with Crippen molar-refractivity contribution in [1.82, 2.24) is 5.32 Å². The Morgan fingerprint density at radius 1 is 1.15 bits per heavy atom. The van der Waals surface area contributed by atoms with Gasteiger partial charge in [0.05, 0.1) is 13.2 Å². The highest BCUT2D eigenvalue weighted by molar-refractivity contribution is 6.48. The largest absolute Gasteiger partial charge is 0.503 e. The van der Waals surface area contributed by atoms with Gasteiger partial charge in [-0.15, -0.1) is 0 Å². The lowest BCUT2D eigenvalue weighted by Gasteiger charge is -2.17. The molecule has 0 saturated carbocycles. The maximum Gasteiger partial charge on any atom is 0.503 e. The van der Waals surface area contributed by atoms with E-state index in [0.717, 1.165) is 6.42 Å². The standard InChI is InChI=1S/C10H11NO5.CH2O3/c12-7-6(8(13)11-9(7)14)5-3-16-10-4(5)1-2-15-10;2-1(3)4/h4-6,10H,1-3H2,(H,11,13,14);(H2,2,3,4)/t4-,5+,6?,10+;/m0./s1. The lowest BCUT2D eigenvalue weighted by Crippen LogP contribution is -2.32. The molecule has 3 heterocycles. The minimum Gasteiger partial charge on any atom is -0.450 e. The second-order valence-electron chi connectivity index (χ2n) is 4.63. The fourth-order valence-corrected chi connectivity index (χ4v) is 2.74. The molecule has 0 aromatic rings. The molecule has 9 nitrogen and oxygen atoms in total. The van der Waals surface area contributed by atoms with Crippen molar-refractivity contribution < 1.29 is 38.9 Å². The van der Waals surface area contributed by atoms with Crippen LogP contribution in [0.1, 0.15) is 6.42 Å². The number of hydrogen-bond donors (Lipinski definition) is 3. The Kier molecular flexibility index (Phi) is 4.00. The first kappa shape index (κ1) is 14.4. The monoisotopic (exact) mass is 287 g/mol. The van der Waals surface area contributed by atoms with Gasteiger partial charge in [0.2, 0.25) is 11.7 Å². The Morgan fingerprint density at radius 3 is 2.35 bits per heavy atom. The van der Waals surface area contributed by atoms with Crippen LogP contribution < -0.4 is 5.32 Å². The van der Waals surface area contributed by atoms with Gasteiger partial charge in [0.1, 0.15) is 5.92 Å². The number of carbonyl (C=O) groups is 4. The lowest BCUT2D eigenvalue weighted by atomic mass is 9.81. The second-order valence-corrected chi connectivity index (χ2v) is 4.63. The van der Waals surface area contributed by atoms with E-state index in [1.807, 2.05) is 5.32 Å². The Hall–Kier alpha value is -2.00. The van der Waals surface area contributed by atoms with Crippen LogP contribution in [0.3, 0.4) is 0 Å². The number of ketones is 1. The van der Waals surface area contributed by atoms with E-state index >= 15 is 0 Å². The van der Waals surface area contributed by atoms with E-state index in [2.05, 4.69) is 0 Å². The van der Waals surface area contributed by atoms with Crippen LogP contribution in [0, 0.1) is 17.8 Å². The zero-order valence-corrected chi connectivity index (χ0v) is 10.3. The van der Waals surface area contributed by atoms with Crippen LogP contribution in [-0.4, -0.2) is 53.5 Å². The van der Waals surface area contributed by atoms with E-state index in [0.29, 0.717) is 13.2 Å². The summed E-state index contributed by atoms with van der Waals surface area (Å²) in [5.41, 5.74) is 0. The molecule has 110 valence electrons. The summed E-state index contributed by atoms with van der Waals surface area (Å²) >= 11 is 0. The van der Waals surface area contributed by atoms with Crippen LogP contribution in [0.2, 0.25) is 0 Å². The maximum atomic E-state index is 11.6. The SMILES string of the molecule is O=C(O)O.O=C1NC(=O)C([C@@H]2CO[C@H]3OCC[C@H]32)C1=O. The molecule has 9 heteroatoms. The third-order valence-electron chi connectivity index (χ3n) is 3.54. The molecule has 0 aromatic heterocycles. The molecular formula is C11H13NO8. The molecule has 3 aliphatic rings. The first-order valence-corrected chi connectivity index (χ1v) is 5.96. The summed E-state index contributed by atoms with van der Waals surface area (Å²) in [6.45, 7) is 0.898. The predicted molar refractivity (Wildman–Crippen MR) is 59.6 cm³/mol. The minimum absolute atomic E-state index is 0.0607. The van der Waals surface area contributed by atoms with E-state index in [-0.39, 0.29) is 18.1 Å². The minimum atomic E-state index is -1.83. The summed E-state index contributed by atoms with van der Waals surface area (Å²) in [6, 6.07) is 0. The molecule has 3 rings (SSSR count). The number of fused-ring (bicyclic) bond motifs is 1. The number of Topliss-reactive ketones (excluding diaryl/α,β-unsaturated/α-hetero) is 1. The second kappa shape index (κ2) is 5.55. The van der Waals surface area contributed by atoms with Crippen molar-refractivity contribution in [3.63, 3.8) is 0 Å². The molecule has 0 aromatic carbocycles. The molecule has 20 heavy (non-hydrogen) atoms. The number of ether oxygens (including phenoxy) is 2. The van der Waals surface area contributed by atoms with Gasteiger partial charge in [0.25, 0.3) is 5.91 Å². The van der Waals surface area contributed by atoms with Crippen molar-refractivity contribution in [1.29, 1.82) is 0 Å². The number of rotatable bonds is 1. The molecule has 0 spiro atoms. The molecule has 3 N–H and O–H groups in total. The van der Waals surface area contributed by atoms with Crippen LogP contribution in [0.4, 0.5) is 4.79 Å². The summed E-state index contributed by atoms with van der Waals surface area (Å²) in [5.74, 6) is -2.94. The van der Waals surface area contributed by atoms with Crippen LogP contribution in [0.5, 0.6) is 0 Å². The van der Waals surface area contributed by atoms with Gasteiger partial charge in [-0.3, -0.25) is 19.7 Å². The number of amides is 2. The first-order valence-electron chi connectivity index (χ1n) is 5.96. The maximum absolute atomic E-state index is 11.6. The average molecular weight is 287 g/mol. The molecule has 3 fully saturated rings. The fourth-order valence-electron chi connectivity index (χ4n) is 2.74. The van der Waals surface area contributed by atoms with Crippen molar-refractivity contribution >= 4 is 23.8 Å². The van der Waals surface area contributed by atoms with Gasteiger partial charge in [-0.1, -0.05) is 0 Å². The molecule has 3 aliphatic heterocycles. The summed E-state index contributed by atoms with van der Waals surface area (Å²) in [7, 11) is 0. The first-order chi connectivity index (χ1) is 9.41. The van der Waals surface area contributed by atoms with Gasteiger partial charge >= 0.3 is 6.16 Å². The van der Waals surface area contributed by atoms with Crippen molar-refractivity contribution in [3.05, 3.63) is 0 Å². The highest BCUT2D eigenvalue weighted by Gasteiger charge is 2.53. The Labute approximate surface area is 112 Å². The molecule has 0 aliphatic carbocycles. The number of carbonyl (C=O) groups excluding carboxylic acids is 3. The average Bonchev–Trinajstić information content (AvgIpc) is 2.97. The number of imide groups is 1. The molecule has 1 unspecified atom stereocenters. The lowest BCUT2D eigenvalue weighted by molar-refractivity contribution is -0.137. The Bertz CT molecular complexity index is 457. The number of nitrogens with one attached hydrogen (secondary N) is 1. The van der Waals surface area contributed by atoms with E-state index in [1.165, 1.54) is 0 Å². The molecule has 2 amide bonds. The Morgan fingerprint density at radius 2 is 1.80 bits per heavy atom. The van der Waals surface area contributed by atoms with Gasteiger partial charge in [0, 0.05) is 11.8 Å². The van der Waals surface area contributed by atoms with E-state index < -0.39 is 29.7 Å². The number of carboxylic acid groups (broad SMARTS) is 2. The van der Waals surface area contributed by atoms with Gasteiger partial charge in [0.15, 0.2) is 6.29 Å². The molecule has 3 saturated heterocycles. The highest BCUT2D eigenvalue weighted by atomic mass is 16.7. The van der Waals surface area contributed by atoms with Crippen molar-refractivity contribution in [3.8, 4) is 0 Å². The quantitative estimate of drug-likeness (QED) is 0.319. The van der Waals surface area contributed by atoms with Crippen molar-refractivity contribution in [2.75, 3.05) is 13.2 Å². The summed E-state index contributed by atoms with van der Waals surface area (Å²) < 4.78 is 10.7. The molecule has 4 atom stereocenters. The van der Waals surface area contributed by atoms with Gasteiger partial charge in [-0.25, -0.2) is 4.79 Å². The van der Waals surface area contributed by atoms with E-state index in [1.54, 1.807) is 0 Å².